The highest BCUT2D eigenvalue weighted by atomic mass is 16.2. The molecule has 6 nitrogen and oxygen atoms in total. The smallest absolute Gasteiger partial charge is 0.222 e. The lowest BCUT2D eigenvalue weighted by atomic mass is 10.1. The largest absolute Gasteiger partial charge is 0.382 e. The maximum Gasteiger partial charge on any atom is 0.222 e. The molecule has 0 spiro atoms. The SMILES string of the molecule is CN1CC(Nc2cncc(N)n2)CCC1=O. The second-order valence-corrected chi connectivity index (χ2v) is 3.98. The van der Waals surface area contributed by atoms with Gasteiger partial charge in [-0.15, -0.1) is 0 Å². The van der Waals surface area contributed by atoms with E-state index in [0.29, 0.717) is 24.6 Å². The summed E-state index contributed by atoms with van der Waals surface area (Å²) in [5.41, 5.74) is 5.53. The van der Waals surface area contributed by atoms with E-state index in [-0.39, 0.29) is 11.9 Å². The predicted octanol–water partition coefficient (Wildman–Crippen LogP) is 0.0915. The summed E-state index contributed by atoms with van der Waals surface area (Å²) < 4.78 is 0. The first-order chi connectivity index (χ1) is 7.65. The second-order valence-electron chi connectivity index (χ2n) is 3.98. The summed E-state index contributed by atoms with van der Waals surface area (Å²) in [6.07, 6.45) is 4.53. The van der Waals surface area contributed by atoms with Gasteiger partial charge in [0, 0.05) is 26.1 Å². The lowest BCUT2D eigenvalue weighted by molar-refractivity contribution is -0.132. The van der Waals surface area contributed by atoms with Crippen molar-refractivity contribution in [2.75, 3.05) is 24.6 Å². The molecule has 2 heterocycles. The van der Waals surface area contributed by atoms with Crippen LogP contribution in [0.15, 0.2) is 12.4 Å². The molecular formula is C10H15N5O. The van der Waals surface area contributed by atoms with E-state index in [1.165, 1.54) is 6.20 Å². The van der Waals surface area contributed by atoms with Crippen molar-refractivity contribution >= 4 is 17.5 Å². The number of nitrogens with zero attached hydrogens (tertiary/aromatic N) is 3. The van der Waals surface area contributed by atoms with Gasteiger partial charge in [0.15, 0.2) is 0 Å². The van der Waals surface area contributed by atoms with E-state index in [2.05, 4.69) is 15.3 Å². The Morgan fingerprint density at radius 3 is 3.06 bits per heavy atom. The van der Waals surface area contributed by atoms with E-state index in [0.717, 1.165) is 6.42 Å². The molecule has 1 aliphatic rings. The van der Waals surface area contributed by atoms with E-state index >= 15 is 0 Å². The van der Waals surface area contributed by atoms with Crippen LogP contribution in [0.2, 0.25) is 0 Å². The number of likely N-dealkylation sites (tertiary alicyclic amines) is 1. The van der Waals surface area contributed by atoms with Gasteiger partial charge < -0.3 is 16.0 Å². The first kappa shape index (κ1) is 10.7. The van der Waals surface area contributed by atoms with Crippen LogP contribution < -0.4 is 11.1 Å². The van der Waals surface area contributed by atoms with Crippen molar-refractivity contribution in [2.45, 2.75) is 18.9 Å². The minimum Gasteiger partial charge on any atom is -0.382 e. The van der Waals surface area contributed by atoms with Gasteiger partial charge >= 0.3 is 0 Å². The van der Waals surface area contributed by atoms with Crippen LogP contribution in [0.5, 0.6) is 0 Å². The lowest BCUT2D eigenvalue weighted by Crippen LogP contribution is -2.43. The van der Waals surface area contributed by atoms with Crippen molar-refractivity contribution in [2.24, 2.45) is 0 Å². The standard InChI is InChI=1S/C10H15N5O/c1-15-6-7(2-3-10(15)16)13-9-5-12-4-8(11)14-9/h4-5,7H,2-3,6H2,1H3,(H3,11,13,14). The molecular weight excluding hydrogens is 206 g/mol. The number of hydrogen-bond acceptors (Lipinski definition) is 5. The van der Waals surface area contributed by atoms with E-state index in [4.69, 9.17) is 5.73 Å². The van der Waals surface area contributed by atoms with Crippen LogP contribution >= 0.6 is 0 Å². The highest BCUT2D eigenvalue weighted by molar-refractivity contribution is 5.77. The molecule has 1 unspecified atom stereocenters. The zero-order chi connectivity index (χ0) is 11.5. The maximum atomic E-state index is 11.3. The number of hydrogen-bond donors (Lipinski definition) is 2. The van der Waals surface area contributed by atoms with Crippen LogP contribution in [0.25, 0.3) is 0 Å². The molecule has 1 saturated heterocycles. The van der Waals surface area contributed by atoms with Crippen LogP contribution in [0.4, 0.5) is 11.6 Å². The predicted molar refractivity (Wildman–Crippen MR) is 60.7 cm³/mol. The Hall–Kier alpha value is -1.85. The number of aromatic nitrogens is 2. The molecule has 1 aliphatic heterocycles. The van der Waals surface area contributed by atoms with Gasteiger partial charge in [0.25, 0.3) is 0 Å². The molecule has 16 heavy (non-hydrogen) atoms. The number of nitrogens with one attached hydrogen (secondary N) is 1. The lowest BCUT2D eigenvalue weighted by Gasteiger charge is -2.30. The number of rotatable bonds is 2. The Balaban J connectivity index is 1.98. The molecule has 0 radical (unpaired) electrons. The monoisotopic (exact) mass is 221 g/mol. The van der Waals surface area contributed by atoms with Crippen molar-refractivity contribution in [1.82, 2.24) is 14.9 Å². The third-order valence-electron chi connectivity index (χ3n) is 2.63. The average Bonchev–Trinajstić information content (AvgIpc) is 2.24. The van der Waals surface area contributed by atoms with Gasteiger partial charge in [-0.3, -0.25) is 9.78 Å². The number of nitrogens with two attached hydrogens (primary N) is 1. The Labute approximate surface area is 93.9 Å². The first-order valence-electron chi connectivity index (χ1n) is 5.23. The molecule has 6 heteroatoms. The van der Waals surface area contributed by atoms with Crippen LogP contribution in [0.1, 0.15) is 12.8 Å². The third kappa shape index (κ3) is 2.39. The molecule has 0 saturated carbocycles. The number of carbonyl (C=O) groups is 1. The van der Waals surface area contributed by atoms with Crippen LogP contribution in [0, 0.1) is 0 Å². The fourth-order valence-corrected chi connectivity index (χ4v) is 1.79. The van der Waals surface area contributed by atoms with Crippen molar-refractivity contribution in [3.8, 4) is 0 Å². The van der Waals surface area contributed by atoms with Crippen molar-refractivity contribution in [3.05, 3.63) is 12.4 Å². The Morgan fingerprint density at radius 2 is 2.38 bits per heavy atom. The van der Waals surface area contributed by atoms with Gasteiger partial charge in [-0.05, 0) is 6.42 Å². The molecule has 1 atom stereocenters. The summed E-state index contributed by atoms with van der Waals surface area (Å²) in [4.78, 5) is 21.1. The molecule has 1 amide bonds. The van der Waals surface area contributed by atoms with Crippen molar-refractivity contribution in [1.29, 1.82) is 0 Å². The Morgan fingerprint density at radius 1 is 1.56 bits per heavy atom. The van der Waals surface area contributed by atoms with E-state index in [1.54, 1.807) is 18.1 Å². The number of likely N-dealkylation sites (N-methyl/N-ethyl adjacent to an activating group) is 1. The van der Waals surface area contributed by atoms with Crippen LogP contribution in [-0.2, 0) is 4.79 Å². The van der Waals surface area contributed by atoms with Gasteiger partial charge in [-0.2, -0.15) is 0 Å². The molecule has 1 aromatic heterocycles. The van der Waals surface area contributed by atoms with Gasteiger partial charge in [-0.25, -0.2) is 4.98 Å². The minimum absolute atomic E-state index is 0.191. The van der Waals surface area contributed by atoms with Crippen LogP contribution in [-0.4, -0.2) is 40.4 Å². The van der Waals surface area contributed by atoms with Crippen LogP contribution in [0.3, 0.4) is 0 Å². The molecule has 1 fully saturated rings. The average molecular weight is 221 g/mol. The minimum atomic E-state index is 0.191. The number of nitrogen functional groups attached to an aromatic ring is 1. The fraction of sp³-hybridized carbons (Fsp3) is 0.500. The zero-order valence-corrected chi connectivity index (χ0v) is 9.18. The summed E-state index contributed by atoms with van der Waals surface area (Å²) >= 11 is 0. The molecule has 2 rings (SSSR count). The highest BCUT2D eigenvalue weighted by Crippen LogP contribution is 2.14. The molecule has 3 N–H and O–H groups in total. The number of piperidine rings is 1. The van der Waals surface area contributed by atoms with E-state index in [9.17, 15) is 4.79 Å². The van der Waals surface area contributed by atoms with E-state index in [1.807, 2.05) is 0 Å². The highest BCUT2D eigenvalue weighted by Gasteiger charge is 2.22. The summed E-state index contributed by atoms with van der Waals surface area (Å²) in [6, 6.07) is 0.221. The number of amides is 1. The molecule has 1 aromatic rings. The molecule has 0 aliphatic carbocycles. The summed E-state index contributed by atoms with van der Waals surface area (Å²) in [5.74, 6) is 1.25. The maximum absolute atomic E-state index is 11.3. The van der Waals surface area contributed by atoms with Crippen molar-refractivity contribution < 1.29 is 4.79 Å². The molecule has 0 bridgehead atoms. The normalized spacial score (nSPS) is 20.9. The second kappa shape index (κ2) is 4.34. The Bertz CT molecular complexity index is 395. The zero-order valence-electron chi connectivity index (χ0n) is 9.18. The fourth-order valence-electron chi connectivity index (χ4n) is 1.79. The van der Waals surface area contributed by atoms with Gasteiger partial charge in [-0.1, -0.05) is 0 Å². The number of carbonyl (C=O) groups excluding carboxylic acids is 1. The summed E-state index contributed by atoms with van der Waals surface area (Å²) in [6.45, 7) is 0.690. The molecule has 0 aromatic carbocycles. The van der Waals surface area contributed by atoms with E-state index < -0.39 is 0 Å². The van der Waals surface area contributed by atoms with Gasteiger partial charge in [0.2, 0.25) is 5.91 Å². The first-order valence-corrected chi connectivity index (χ1v) is 5.23. The van der Waals surface area contributed by atoms with Gasteiger partial charge in [0.1, 0.15) is 11.6 Å². The topological polar surface area (TPSA) is 84.1 Å². The third-order valence-corrected chi connectivity index (χ3v) is 2.63. The number of anilines is 2. The van der Waals surface area contributed by atoms with Crippen molar-refractivity contribution in [3.63, 3.8) is 0 Å². The summed E-state index contributed by atoms with van der Waals surface area (Å²) in [7, 11) is 1.81. The molecule has 86 valence electrons. The van der Waals surface area contributed by atoms with Gasteiger partial charge in [0.05, 0.1) is 12.4 Å². The quantitative estimate of drug-likeness (QED) is 0.739. The Kier molecular flexibility index (Phi) is 2.89. The summed E-state index contributed by atoms with van der Waals surface area (Å²) in [5, 5.41) is 3.23.